The van der Waals surface area contributed by atoms with Crippen LogP contribution in [0.2, 0.25) is 0 Å². The van der Waals surface area contributed by atoms with Crippen LogP contribution in [-0.2, 0) is 14.3 Å². The molecule has 1 N–H and O–H groups in total. The maximum Gasteiger partial charge on any atom is 0.319 e. The van der Waals surface area contributed by atoms with Crippen LogP contribution in [0.15, 0.2) is 0 Å². The number of carbonyl (C=O) groups excluding carboxylic acids is 1. The monoisotopic (exact) mass is 216 g/mol. The molecule has 0 bridgehead atoms. The molecule has 0 aromatic heterocycles. The summed E-state index contributed by atoms with van der Waals surface area (Å²) in [7, 11) is 2.07. The van der Waals surface area contributed by atoms with Crippen molar-refractivity contribution in [1.29, 1.82) is 0 Å². The highest BCUT2D eigenvalue weighted by Crippen LogP contribution is 2.01. The van der Waals surface area contributed by atoms with E-state index in [0.29, 0.717) is 13.2 Å². The van der Waals surface area contributed by atoms with Crippen LogP contribution in [0.3, 0.4) is 0 Å². The van der Waals surface area contributed by atoms with Gasteiger partial charge in [0.2, 0.25) is 0 Å². The van der Waals surface area contributed by atoms with Crippen LogP contribution in [0, 0.1) is 0 Å². The third kappa shape index (κ3) is 5.11. The van der Waals surface area contributed by atoms with Gasteiger partial charge in [-0.1, -0.05) is 0 Å². The van der Waals surface area contributed by atoms with E-state index in [1.807, 2.05) is 0 Å². The Morgan fingerprint density at radius 3 is 3.13 bits per heavy atom. The molecule has 1 rings (SSSR count). The number of rotatable bonds is 5. The molecular weight excluding hydrogens is 196 g/mol. The number of nitrogens with zero attached hydrogens (tertiary/aromatic N) is 1. The van der Waals surface area contributed by atoms with Crippen molar-refractivity contribution in [2.45, 2.75) is 13.0 Å². The van der Waals surface area contributed by atoms with Crippen molar-refractivity contribution in [2.24, 2.45) is 0 Å². The minimum Gasteiger partial charge on any atom is -0.465 e. The molecule has 1 heterocycles. The molecule has 1 aliphatic rings. The van der Waals surface area contributed by atoms with Crippen LogP contribution in [0.5, 0.6) is 0 Å². The Balaban J connectivity index is 2.06. The first-order valence-corrected chi connectivity index (χ1v) is 5.39. The Hall–Kier alpha value is -0.650. The van der Waals surface area contributed by atoms with Crippen molar-refractivity contribution in [2.75, 3.05) is 46.4 Å². The van der Waals surface area contributed by atoms with Gasteiger partial charge in [0.25, 0.3) is 0 Å². The minimum absolute atomic E-state index is 0.179. The molecule has 0 aliphatic carbocycles. The van der Waals surface area contributed by atoms with Crippen molar-refractivity contribution in [3.63, 3.8) is 0 Å². The van der Waals surface area contributed by atoms with Crippen molar-refractivity contribution >= 4 is 5.97 Å². The van der Waals surface area contributed by atoms with Crippen LogP contribution in [0.25, 0.3) is 0 Å². The molecular formula is C10H20N2O3. The Kier molecular flexibility index (Phi) is 5.60. The first-order valence-electron chi connectivity index (χ1n) is 5.39. The first-order chi connectivity index (χ1) is 7.22. The summed E-state index contributed by atoms with van der Waals surface area (Å²) in [5.41, 5.74) is 0. The van der Waals surface area contributed by atoms with E-state index >= 15 is 0 Å². The molecule has 88 valence electrons. The number of carbonyl (C=O) groups is 1. The molecule has 0 aromatic carbocycles. The van der Waals surface area contributed by atoms with Crippen molar-refractivity contribution in [3.8, 4) is 0 Å². The van der Waals surface area contributed by atoms with E-state index < -0.39 is 0 Å². The average molecular weight is 216 g/mol. The zero-order valence-electron chi connectivity index (χ0n) is 9.49. The summed E-state index contributed by atoms with van der Waals surface area (Å²) in [5.74, 6) is -0.207. The summed E-state index contributed by atoms with van der Waals surface area (Å²) in [6, 6.07) is 0. The molecule has 1 fully saturated rings. The summed E-state index contributed by atoms with van der Waals surface area (Å²) < 4.78 is 10.3. The highest BCUT2D eigenvalue weighted by Gasteiger charge is 2.17. The van der Waals surface area contributed by atoms with Gasteiger partial charge in [0.15, 0.2) is 0 Å². The van der Waals surface area contributed by atoms with Gasteiger partial charge in [-0.2, -0.15) is 0 Å². The molecule has 0 amide bonds. The van der Waals surface area contributed by atoms with Gasteiger partial charge in [-0.05, 0) is 14.0 Å². The van der Waals surface area contributed by atoms with Crippen LogP contribution in [0.1, 0.15) is 6.92 Å². The molecule has 15 heavy (non-hydrogen) atoms. The van der Waals surface area contributed by atoms with Crippen LogP contribution >= 0.6 is 0 Å². The van der Waals surface area contributed by atoms with Gasteiger partial charge in [-0.3, -0.25) is 4.79 Å². The van der Waals surface area contributed by atoms with Crippen molar-refractivity contribution in [3.05, 3.63) is 0 Å². The zero-order chi connectivity index (χ0) is 11.1. The lowest BCUT2D eigenvalue weighted by molar-refractivity contribution is -0.142. The molecule has 0 spiro atoms. The van der Waals surface area contributed by atoms with E-state index in [4.69, 9.17) is 9.47 Å². The maximum atomic E-state index is 11.0. The highest BCUT2D eigenvalue weighted by molar-refractivity contribution is 5.71. The van der Waals surface area contributed by atoms with Gasteiger partial charge in [0, 0.05) is 19.6 Å². The fourth-order valence-electron chi connectivity index (χ4n) is 1.54. The third-order valence-corrected chi connectivity index (χ3v) is 2.29. The fourth-order valence-corrected chi connectivity index (χ4v) is 1.54. The second-order valence-corrected chi connectivity index (χ2v) is 3.69. The number of hydrogen-bond acceptors (Lipinski definition) is 5. The Morgan fingerprint density at radius 2 is 2.47 bits per heavy atom. The SMILES string of the molecule is CCOC(=O)CNCC1CN(C)CCO1. The van der Waals surface area contributed by atoms with Crippen molar-refractivity contribution < 1.29 is 14.3 Å². The summed E-state index contributed by atoms with van der Waals surface area (Å²) in [5, 5.41) is 3.03. The summed E-state index contributed by atoms with van der Waals surface area (Å²) in [6.07, 6.45) is 0.179. The van der Waals surface area contributed by atoms with E-state index in [1.165, 1.54) is 0 Å². The number of hydrogen-bond donors (Lipinski definition) is 1. The first kappa shape index (κ1) is 12.4. The lowest BCUT2D eigenvalue weighted by Gasteiger charge is -2.30. The highest BCUT2D eigenvalue weighted by atomic mass is 16.5. The number of morpholine rings is 1. The lowest BCUT2D eigenvalue weighted by Crippen LogP contribution is -2.45. The Bertz CT molecular complexity index is 199. The van der Waals surface area contributed by atoms with E-state index in [2.05, 4.69) is 17.3 Å². The van der Waals surface area contributed by atoms with Crippen LogP contribution in [0.4, 0.5) is 0 Å². The number of likely N-dealkylation sites (N-methyl/N-ethyl adjacent to an activating group) is 1. The van der Waals surface area contributed by atoms with E-state index in [0.717, 1.165) is 19.7 Å². The fraction of sp³-hybridized carbons (Fsp3) is 0.900. The van der Waals surface area contributed by atoms with Crippen LogP contribution in [-0.4, -0.2) is 63.4 Å². The lowest BCUT2D eigenvalue weighted by atomic mass is 10.3. The summed E-state index contributed by atoms with van der Waals surface area (Å²) >= 11 is 0. The standard InChI is InChI=1S/C10H20N2O3/c1-3-14-10(13)7-11-6-9-8-12(2)4-5-15-9/h9,11H,3-8H2,1-2H3. The second-order valence-electron chi connectivity index (χ2n) is 3.69. The molecule has 0 aromatic rings. The summed E-state index contributed by atoms with van der Waals surface area (Å²) in [4.78, 5) is 13.2. The van der Waals surface area contributed by atoms with Gasteiger partial charge < -0.3 is 19.7 Å². The van der Waals surface area contributed by atoms with E-state index in [-0.39, 0.29) is 18.6 Å². The van der Waals surface area contributed by atoms with Crippen LogP contribution < -0.4 is 5.32 Å². The molecule has 0 saturated carbocycles. The minimum atomic E-state index is -0.207. The molecule has 1 atom stereocenters. The van der Waals surface area contributed by atoms with Gasteiger partial charge in [-0.25, -0.2) is 0 Å². The van der Waals surface area contributed by atoms with Gasteiger partial charge in [0.05, 0.1) is 25.9 Å². The maximum absolute atomic E-state index is 11.0. The van der Waals surface area contributed by atoms with Crippen molar-refractivity contribution in [1.82, 2.24) is 10.2 Å². The van der Waals surface area contributed by atoms with Gasteiger partial charge in [-0.15, -0.1) is 0 Å². The number of ether oxygens (including phenoxy) is 2. The van der Waals surface area contributed by atoms with E-state index in [1.54, 1.807) is 6.92 Å². The topological polar surface area (TPSA) is 50.8 Å². The van der Waals surface area contributed by atoms with E-state index in [9.17, 15) is 4.79 Å². The molecule has 1 saturated heterocycles. The smallest absolute Gasteiger partial charge is 0.319 e. The normalized spacial score (nSPS) is 22.7. The molecule has 1 aliphatic heterocycles. The quantitative estimate of drug-likeness (QED) is 0.626. The second kappa shape index (κ2) is 6.76. The van der Waals surface area contributed by atoms with Gasteiger partial charge in [0.1, 0.15) is 0 Å². The molecule has 5 heteroatoms. The molecule has 5 nitrogen and oxygen atoms in total. The average Bonchev–Trinajstić information content (AvgIpc) is 2.18. The number of nitrogens with one attached hydrogen (secondary N) is 1. The molecule has 1 unspecified atom stereocenters. The Morgan fingerprint density at radius 1 is 1.67 bits per heavy atom. The summed E-state index contributed by atoms with van der Waals surface area (Å²) in [6.45, 7) is 5.85. The Labute approximate surface area is 90.7 Å². The number of esters is 1. The zero-order valence-corrected chi connectivity index (χ0v) is 9.49. The third-order valence-electron chi connectivity index (χ3n) is 2.29. The molecule has 0 radical (unpaired) electrons. The largest absolute Gasteiger partial charge is 0.465 e. The predicted octanol–water partition coefficient (Wildman–Crippen LogP) is -0.530. The van der Waals surface area contributed by atoms with Gasteiger partial charge >= 0.3 is 5.97 Å². The predicted molar refractivity (Wildman–Crippen MR) is 56.7 cm³/mol.